The molecule has 2 aromatic rings. The van der Waals surface area contributed by atoms with Crippen LogP contribution in [-0.4, -0.2) is 45.9 Å². The van der Waals surface area contributed by atoms with Gasteiger partial charge in [0, 0.05) is 19.4 Å². The van der Waals surface area contributed by atoms with Crippen LogP contribution in [-0.2, 0) is 16.6 Å². The first-order valence-electron chi connectivity index (χ1n) is 5.83. The number of rotatable bonds is 5. The molecule has 0 radical (unpaired) electrons. The molecule has 0 aliphatic rings. The molecule has 0 bridgehead atoms. The second-order valence-electron chi connectivity index (χ2n) is 4.28. The first-order chi connectivity index (χ1) is 9.82. The molecule has 0 aliphatic carbocycles. The molecule has 0 fully saturated rings. The number of nitrogens with one attached hydrogen (secondary N) is 1. The first-order valence-corrected chi connectivity index (χ1v) is 7.27. The predicted molar refractivity (Wildman–Crippen MR) is 72.3 cm³/mol. The van der Waals surface area contributed by atoms with E-state index >= 15 is 0 Å². The Kier molecular flexibility index (Phi) is 3.96. The number of aromatic amines is 1. The fourth-order valence-corrected chi connectivity index (χ4v) is 2.87. The van der Waals surface area contributed by atoms with E-state index in [0.29, 0.717) is 5.82 Å². The van der Waals surface area contributed by atoms with Gasteiger partial charge in [-0.1, -0.05) is 0 Å². The summed E-state index contributed by atoms with van der Waals surface area (Å²) < 4.78 is 25.7. The quantitative estimate of drug-likeness (QED) is 0.744. The van der Waals surface area contributed by atoms with Gasteiger partial charge in [0.2, 0.25) is 10.0 Å². The molecule has 3 N–H and O–H groups in total. The SMILES string of the molecule is CN(Cc1ncc[nH]1)S(=O)(=O)c1ccc(O)c(C(=O)O)c1. The van der Waals surface area contributed by atoms with Crippen molar-refractivity contribution in [2.24, 2.45) is 0 Å². The molecule has 112 valence electrons. The van der Waals surface area contributed by atoms with Crippen LogP contribution in [0.25, 0.3) is 0 Å². The minimum atomic E-state index is -3.89. The number of hydrogen-bond acceptors (Lipinski definition) is 5. The monoisotopic (exact) mass is 311 g/mol. The summed E-state index contributed by atoms with van der Waals surface area (Å²) >= 11 is 0. The van der Waals surface area contributed by atoms with Crippen LogP contribution < -0.4 is 0 Å². The molecule has 9 heteroatoms. The van der Waals surface area contributed by atoms with Crippen molar-refractivity contribution in [2.75, 3.05) is 7.05 Å². The zero-order valence-electron chi connectivity index (χ0n) is 11.0. The van der Waals surface area contributed by atoms with Crippen LogP contribution in [0.4, 0.5) is 0 Å². The molecular weight excluding hydrogens is 298 g/mol. The number of aromatic carboxylic acids is 1. The van der Waals surface area contributed by atoms with Crippen LogP contribution in [0.1, 0.15) is 16.2 Å². The Morgan fingerprint density at radius 3 is 2.71 bits per heavy atom. The van der Waals surface area contributed by atoms with E-state index in [1.807, 2.05) is 0 Å². The third kappa shape index (κ3) is 3.03. The molecule has 1 aromatic carbocycles. The van der Waals surface area contributed by atoms with E-state index in [1.165, 1.54) is 13.2 Å². The lowest BCUT2D eigenvalue weighted by Gasteiger charge is -2.16. The van der Waals surface area contributed by atoms with Gasteiger partial charge in [0.25, 0.3) is 0 Å². The van der Waals surface area contributed by atoms with Crippen molar-refractivity contribution >= 4 is 16.0 Å². The van der Waals surface area contributed by atoms with Gasteiger partial charge >= 0.3 is 5.97 Å². The average molecular weight is 311 g/mol. The number of H-pyrrole nitrogens is 1. The lowest BCUT2D eigenvalue weighted by Crippen LogP contribution is -2.27. The number of phenols is 1. The number of imidazole rings is 1. The molecule has 0 amide bonds. The average Bonchev–Trinajstić information content (AvgIpc) is 2.91. The highest BCUT2D eigenvalue weighted by Crippen LogP contribution is 2.23. The molecule has 1 heterocycles. The van der Waals surface area contributed by atoms with Crippen molar-refractivity contribution in [3.8, 4) is 5.75 Å². The Hall–Kier alpha value is -2.39. The summed E-state index contributed by atoms with van der Waals surface area (Å²) in [5.74, 6) is -1.44. The molecule has 0 saturated heterocycles. The number of benzene rings is 1. The second kappa shape index (κ2) is 5.54. The highest BCUT2D eigenvalue weighted by atomic mass is 32.2. The molecule has 0 aliphatic heterocycles. The fourth-order valence-electron chi connectivity index (χ4n) is 1.71. The maximum absolute atomic E-state index is 12.4. The third-order valence-corrected chi connectivity index (χ3v) is 4.63. The van der Waals surface area contributed by atoms with Crippen molar-refractivity contribution in [2.45, 2.75) is 11.4 Å². The summed E-state index contributed by atoms with van der Waals surface area (Å²) in [5, 5.41) is 18.3. The van der Waals surface area contributed by atoms with Gasteiger partial charge < -0.3 is 15.2 Å². The third-order valence-electron chi connectivity index (χ3n) is 2.83. The van der Waals surface area contributed by atoms with E-state index in [2.05, 4.69) is 9.97 Å². The van der Waals surface area contributed by atoms with E-state index in [4.69, 9.17) is 5.11 Å². The number of aromatic nitrogens is 2. The number of carboxylic acid groups (broad SMARTS) is 1. The molecule has 0 unspecified atom stereocenters. The Balaban J connectivity index is 2.35. The van der Waals surface area contributed by atoms with E-state index in [0.717, 1.165) is 22.5 Å². The van der Waals surface area contributed by atoms with Crippen LogP contribution in [0, 0.1) is 0 Å². The van der Waals surface area contributed by atoms with Crippen LogP contribution in [0.2, 0.25) is 0 Å². The van der Waals surface area contributed by atoms with Crippen LogP contribution >= 0.6 is 0 Å². The number of nitrogens with zero attached hydrogens (tertiary/aromatic N) is 2. The van der Waals surface area contributed by atoms with Gasteiger partial charge in [-0.25, -0.2) is 18.2 Å². The summed E-state index contributed by atoms with van der Waals surface area (Å²) in [6.07, 6.45) is 3.07. The predicted octanol–water partition coefficient (Wildman–Crippen LogP) is 0.634. The lowest BCUT2D eigenvalue weighted by molar-refractivity contribution is 0.0693. The van der Waals surface area contributed by atoms with Gasteiger partial charge in [0.05, 0.1) is 11.4 Å². The number of carbonyl (C=O) groups is 1. The number of hydrogen-bond donors (Lipinski definition) is 3. The van der Waals surface area contributed by atoms with Crippen LogP contribution in [0.5, 0.6) is 5.75 Å². The van der Waals surface area contributed by atoms with Crippen molar-refractivity contribution < 1.29 is 23.4 Å². The summed E-state index contributed by atoms with van der Waals surface area (Å²) in [7, 11) is -2.54. The normalized spacial score (nSPS) is 11.7. The molecule has 0 atom stereocenters. The van der Waals surface area contributed by atoms with Crippen LogP contribution in [0.3, 0.4) is 0 Å². The van der Waals surface area contributed by atoms with Gasteiger partial charge in [-0.15, -0.1) is 0 Å². The maximum Gasteiger partial charge on any atom is 0.339 e. The molecule has 8 nitrogen and oxygen atoms in total. The topological polar surface area (TPSA) is 124 Å². The number of carboxylic acids is 1. The molecule has 2 rings (SSSR count). The van der Waals surface area contributed by atoms with Crippen molar-refractivity contribution in [1.82, 2.24) is 14.3 Å². The Labute approximate surface area is 120 Å². The van der Waals surface area contributed by atoms with E-state index in [9.17, 15) is 18.3 Å². The van der Waals surface area contributed by atoms with Crippen molar-refractivity contribution in [3.05, 3.63) is 42.0 Å². The second-order valence-corrected chi connectivity index (χ2v) is 6.33. The largest absolute Gasteiger partial charge is 0.507 e. The molecule has 21 heavy (non-hydrogen) atoms. The molecular formula is C12H13N3O5S. The van der Waals surface area contributed by atoms with E-state index in [1.54, 1.807) is 6.20 Å². The van der Waals surface area contributed by atoms with Gasteiger partial charge in [-0.05, 0) is 18.2 Å². The number of aromatic hydroxyl groups is 1. The summed E-state index contributed by atoms with van der Waals surface area (Å²) in [6.45, 7) is 0.0125. The van der Waals surface area contributed by atoms with Gasteiger partial charge in [0.1, 0.15) is 17.1 Å². The minimum Gasteiger partial charge on any atom is -0.507 e. The smallest absolute Gasteiger partial charge is 0.339 e. The van der Waals surface area contributed by atoms with Gasteiger partial charge in [0.15, 0.2) is 0 Å². The minimum absolute atomic E-state index is 0.0125. The van der Waals surface area contributed by atoms with Crippen LogP contribution in [0.15, 0.2) is 35.5 Å². The zero-order valence-corrected chi connectivity index (χ0v) is 11.8. The first kappa shape index (κ1) is 15.0. The summed E-state index contributed by atoms with van der Waals surface area (Å²) in [6, 6.07) is 3.11. The van der Waals surface area contributed by atoms with Gasteiger partial charge in [-0.3, -0.25) is 0 Å². The molecule has 1 aromatic heterocycles. The maximum atomic E-state index is 12.4. The summed E-state index contributed by atoms with van der Waals surface area (Å²) in [4.78, 5) is 17.4. The summed E-state index contributed by atoms with van der Waals surface area (Å²) in [5.41, 5.74) is -0.470. The Morgan fingerprint density at radius 2 is 2.14 bits per heavy atom. The van der Waals surface area contributed by atoms with Crippen molar-refractivity contribution in [3.63, 3.8) is 0 Å². The highest BCUT2D eigenvalue weighted by Gasteiger charge is 2.24. The Morgan fingerprint density at radius 1 is 1.43 bits per heavy atom. The van der Waals surface area contributed by atoms with E-state index < -0.39 is 27.3 Å². The van der Waals surface area contributed by atoms with Gasteiger partial charge in [-0.2, -0.15) is 4.31 Å². The molecule has 0 spiro atoms. The fraction of sp³-hybridized carbons (Fsp3) is 0.167. The Bertz CT molecular complexity index is 755. The van der Waals surface area contributed by atoms with E-state index in [-0.39, 0.29) is 11.4 Å². The van der Waals surface area contributed by atoms with Crippen molar-refractivity contribution in [1.29, 1.82) is 0 Å². The highest BCUT2D eigenvalue weighted by molar-refractivity contribution is 7.89. The lowest BCUT2D eigenvalue weighted by atomic mass is 10.2. The number of sulfonamides is 1. The zero-order chi connectivity index (χ0) is 15.6. The standard InChI is InChI=1S/C12H13N3O5S/c1-15(7-11-13-4-5-14-11)21(19,20)8-2-3-10(16)9(6-8)12(17)18/h2-6,16H,7H2,1H3,(H,13,14)(H,17,18). The molecule has 0 saturated carbocycles.